The lowest BCUT2D eigenvalue weighted by molar-refractivity contribution is 0.578. The fourth-order valence-corrected chi connectivity index (χ4v) is 3.46. The van der Waals surface area contributed by atoms with Crippen molar-refractivity contribution in [1.82, 2.24) is 9.97 Å². The van der Waals surface area contributed by atoms with Crippen LogP contribution in [0.3, 0.4) is 0 Å². The third kappa shape index (κ3) is 3.51. The van der Waals surface area contributed by atoms with Crippen LogP contribution in [0, 0.1) is 0 Å². The highest BCUT2D eigenvalue weighted by Gasteiger charge is 2.23. The Bertz CT molecular complexity index is 655. The van der Waals surface area contributed by atoms with Gasteiger partial charge in [-0.2, -0.15) is 0 Å². The third-order valence-electron chi connectivity index (χ3n) is 2.96. The summed E-state index contributed by atoms with van der Waals surface area (Å²) in [5, 5.41) is -0.120. The van der Waals surface area contributed by atoms with Crippen molar-refractivity contribution >= 4 is 9.84 Å². The fourth-order valence-electron chi connectivity index (χ4n) is 2.01. The second-order valence-corrected chi connectivity index (χ2v) is 6.37. The van der Waals surface area contributed by atoms with Crippen molar-refractivity contribution < 1.29 is 8.42 Å². The molecule has 0 unspecified atom stereocenters. The molecule has 0 saturated heterocycles. The number of hydrogen-bond donors (Lipinski definition) is 0. The van der Waals surface area contributed by atoms with Gasteiger partial charge in [0.05, 0.1) is 5.75 Å². The van der Waals surface area contributed by atoms with Crippen molar-refractivity contribution in [3.63, 3.8) is 0 Å². The van der Waals surface area contributed by atoms with Crippen LogP contribution in [0.25, 0.3) is 0 Å². The maximum Gasteiger partial charge on any atom is 0.247 e. The minimum absolute atomic E-state index is 0.0208. The maximum atomic E-state index is 12.3. The first-order chi connectivity index (χ1) is 9.63. The minimum Gasteiger partial charge on any atom is -0.227 e. The molecule has 1 aromatic heterocycles. The van der Waals surface area contributed by atoms with Gasteiger partial charge in [0.15, 0.2) is 0 Å². The van der Waals surface area contributed by atoms with Gasteiger partial charge in [0, 0.05) is 18.3 Å². The van der Waals surface area contributed by atoms with Gasteiger partial charge in [-0.05, 0) is 18.1 Å². The topological polar surface area (TPSA) is 59.9 Å². The number of rotatable bonds is 6. The summed E-state index contributed by atoms with van der Waals surface area (Å²) in [6, 6.07) is 11.2. The van der Waals surface area contributed by atoms with E-state index in [1.807, 2.05) is 30.3 Å². The van der Waals surface area contributed by atoms with Gasteiger partial charge in [0.2, 0.25) is 15.0 Å². The molecule has 0 bridgehead atoms. The molecule has 5 heteroatoms. The molecule has 104 valence electrons. The zero-order valence-corrected chi connectivity index (χ0v) is 11.8. The monoisotopic (exact) mass is 288 g/mol. The van der Waals surface area contributed by atoms with Gasteiger partial charge in [-0.15, -0.1) is 6.58 Å². The zero-order chi connectivity index (χ0) is 14.4. The first-order valence-electron chi connectivity index (χ1n) is 6.29. The molecule has 0 N–H and O–H groups in total. The van der Waals surface area contributed by atoms with Gasteiger partial charge in [-0.25, -0.2) is 18.4 Å². The van der Waals surface area contributed by atoms with Crippen LogP contribution >= 0.6 is 0 Å². The average molecular weight is 288 g/mol. The Hall–Kier alpha value is -2.01. The third-order valence-corrected chi connectivity index (χ3v) is 4.57. The molecule has 0 aliphatic rings. The van der Waals surface area contributed by atoms with E-state index >= 15 is 0 Å². The minimum atomic E-state index is -3.50. The van der Waals surface area contributed by atoms with Gasteiger partial charge >= 0.3 is 0 Å². The molecule has 0 aliphatic carbocycles. The molecule has 4 nitrogen and oxygen atoms in total. The van der Waals surface area contributed by atoms with Crippen LogP contribution in [0.4, 0.5) is 0 Å². The molecule has 0 amide bonds. The zero-order valence-electron chi connectivity index (χ0n) is 11.0. The van der Waals surface area contributed by atoms with E-state index < -0.39 is 9.84 Å². The highest BCUT2D eigenvalue weighted by Crippen LogP contribution is 2.23. The van der Waals surface area contributed by atoms with E-state index in [4.69, 9.17) is 0 Å². The van der Waals surface area contributed by atoms with Crippen LogP contribution in [0.15, 0.2) is 66.6 Å². The Morgan fingerprint density at radius 3 is 2.35 bits per heavy atom. The summed E-state index contributed by atoms with van der Waals surface area (Å²) >= 11 is 0. The van der Waals surface area contributed by atoms with Crippen molar-refractivity contribution in [2.45, 2.75) is 17.5 Å². The van der Waals surface area contributed by atoms with E-state index in [1.165, 1.54) is 12.4 Å². The molecule has 0 saturated carbocycles. The molecule has 0 fully saturated rings. The molecule has 0 radical (unpaired) electrons. The number of hydrogen-bond acceptors (Lipinski definition) is 4. The van der Waals surface area contributed by atoms with E-state index in [1.54, 1.807) is 12.1 Å². The first-order valence-corrected chi connectivity index (χ1v) is 7.94. The van der Waals surface area contributed by atoms with Crippen molar-refractivity contribution in [3.05, 3.63) is 67.0 Å². The number of aromatic nitrogens is 2. The smallest absolute Gasteiger partial charge is 0.227 e. The number of sulfone groups is 1. The predicted octanol–water partition coefficient (Wildman–Crippen LogP) is 2.61. The fraction of sp³-hybridized carbons (Fsp3) is 0.200. The quantitative estimate of drug-likeness (QED) is 0.605. The molecule has 2 rings (SSSR count). The molecule has 1 heterocycles. The summed E-state index contributed by atoms with van der Waals surface area (Å²) in [5.74, 6) is -0.157. The normalized spacial score (nSPS) is 12.8. The molecular formula is C15H16N2O2S. The Morgan fingerprint density at radius 2 is 1.75 bits per heavy atom. The second-order valence-electron chi connectivity index (χ2n) is 4.44. The summed E-state index contributed by atoms with van der Waals surface area (Å²) in [7, 11) is -3.50. The van der Waals surface area contributed by atoms with Crippen LogP contribution in [-0.4, -0.2) is 24.1 Å². The van der Waals surface area contributed by atoms with Crippen LogP contribution in [-0.2, 0) is 9.84 Å². The highest BCUT2D eigenvalue weighted by molar-refractivity contribution is 7.91. The van der Waals surface area contributed by atoms with Gasteiger partial charge in [-0.3, -0.25) is 0 Å². The van der Waals surface area contributed by atoms with E-state index in [9.17, 15) is 8.42 Å². The number of nitrogens with zero attached hydrogens (tertiary/aromatic N) is 2. The van der Waals surface area contributed by atoms with Crippen LogP contribution in [0.1, 0.15) is 17.9 Å². The van der Waals surface area contributed by atoms with Crippen LogP contribution < -0.4 is 0 Å². The standard InChI is InChI=1S/C15H16N2O2S/c1-2-7-14(13-8-4-3-5-9-13)12-20(18,19)15-16-10-6-11-17-15/h2-6,8-11,14H,1,7,12H2/t14-/m0/s1. The Labute approximate surface area is 119 Å². The average Bonchev–Trinajstić information content (AvgIpc) is 2.48. The van der Waals surface area contributed by atoms with E-state index in [0.29, 0.717) is 6.42 Å². The van der Waals surface area contributed by atoms with Gasteiger partial charge < -0.3 is 0 Å². The first kappa shape index (κ1) is 14.4. The van der Waals surface area contributed by atoms with Crippen molar-refractivity contribution in [1.29, 1.82) is 0 Å². The molecule has 20 heavy (non-hydrogen) atoms. The van der Waals surface area contributed by atoms with Crippen molar-refractivity contribution in [2.75, 3.05) is 5.75 Å². The molecule has 2 aromatic rings. The summed E-state index contributed by atoms with van der Waals surface area (Å²) in [6.07, 6.45) is 5.20. The van der Waals surface area contributed by atoms with Crippen molar-refractivity contribution in [2.24, 2.45) is 0 Å². The maximum absolute atomic E-state index is 12.3. The van der Waals surface area contributed by atoms with E-state index in [2.05, 4.69) is 16.5 Å². The largest absolute Gasteiger partial charge is 0.247 e. The highest BCUT2D eigenvalue weighted by atomic mass is 32.2. The molecule has 0 spiro atoms. The SMILES string of the molecule is C=CC[C@@H](CS(=O)(=O)c1ncccn1)c1ccccc1. The summed E-state index contributed by atoms with van der Waals surface area (Å²) < 4.78 is 24.7. The van der Waals surface area contributed by atoms with E-state index in [-0.39, 0.29) is 16.8 Å². The van der Waals surface area contributed by atoms with Crippen molar-refractivity contribution in [3.8, 4) is 0 Å². The lowest BCUT2D eigenvalue weighted by Gasteiger charge is -2.15. The van der Waals surface area contributed by atoms with Gasteiger partial charge in [-0.1, -0.05) is 36.4 Å². The lowest BCUT2D eigenvalue weighted by Crippen LogP contribution is -2.17. The predicted molar refractivity (Wildman–Crippen MR) is 78.1 cm³/mol. The molecule has 1 atom stereocenters. The molecule has 1 aromatic carbocycles. The molecular weight excluding hydrogens is 272 g/mol. The van der Waals surface area contributed by atoms with Crippen LogP contribution in [0.2, 0.25) is 0 Å². The van der Waals surface area contributed by atoms with Crippen LogP contribution in [0.5, 0.6) is 0 Å². The van der Waals surface area contributed by atoms with Gasteiger partial charge in [0.1, 0.15) is 0 Å². The Kier molecular flexibility index (Phi) is 4.63. The summed E-state index contributed by atoms with van der Waals surface area (Å²) in [6.45, 7) is 3.70. The van der Waals surface area contributed by atoms with E-state index in [0.717, 1.165) is 5.56 Å². The number of allylic oxidation sites excluding steroid dienone is 1. The Balaban J connectivity index is 2.27. The Morgan fingerprint density at radius 1 is 1.10 bits per heavy atom. The van der Waals surface area contributed by atoms with Gasteiger partial charge in [0.25, 0.3) is 0 Å². The summed E-state index contributed by atoms with van der Waals surface area (Å²) in [4.78, 5) is 7.66. The lowest BCUT2D eigenvalue weighted by atomic mass is 9.98. The number of benzene rings is 1. The summed E-state index contributed by atoms with van der Waals surface area (Å²) in [5.41, 5.74) is 0.979. The second kappa shape index (κ2) is 6.43. The molecule has 0 aliphatic heterocycles.